The molecule has 1 N–H and O–H groups in total. The van der Waals surface area contributed by atoms with Crippen molar-refractivity contribution in [2.24, 2.45) is 0 Å². The Kier molecular flexibility index (Phi) is 7.49. The van der Waals surface area contributed by atoms with Gasteiger partial charge in [0, 0.05) is 37.2 Å². The third-order valence-electron chi connectivity index (χ3n) is 6.65. The summed E-state index contributed by atoms with van der Waals surface area (Å²) < 4.78 is 20.3. The lowest BCUT2D eigenvalue weighted by Gasteiger charge is -2.30. The van der Waals surface area contributed by atoms with Gasteiger partial charge in [0.1, 0.15) is 5.82 Å². The Hall–Kier alpha value is -4.46. The maximum Gasteiger partial charge on any atom is 0.294 e. The molecule has 3 aromatic carbocycles. The quantitative estimate of drug-likeness (QED) is 0.355. The average Bonchev–Trinajstić information content (AvgIpc) is 3.34. The summed E-state index contributed by atoms with van der Waals surface area (Å²) in [4.78, 5) is 40.9. The number of anilines is 1. The topological polar surface area (TPSA) is 79.0 Å². The van der Waals surface area contributed by atoms with Gasteiger partial charge in [0.15, 0.2) is 11.5 Å². The predicted octanol–water partition coefficient (Wildman–Crippen LogP) is 4.53. The normalized spacial score (nSPS) is 16.0. The van der Waals surface area contributed by atoms with Crippen molar-refractivity contribution in [2.75, 3.05) is 24.5 Å². The number of fused-ring (bicyclic) bond motifs is 1. The Balaban J connectivity index is 1.26. The minimum absolute atomic E-state index is 0.0637. The lowest BCUT2D eigenvalue weighted by molar-refractivity contribution is -0.127. The number of hydrogen-bond donors (Lipinski definition) is 1. The van der Waals surface area contributed by atoms with Crippen LogP contribution >= 0.6 is 0 Å². The van der Waals surface area contributed by atoms with Crippen molar-refractivity contribution in [3.8, 4) is 5.75 Å². The van der Waals surface area contributed by atoms with Gasteiger partial charge in [-0.15, -0.1) is 0 Å². The molecule has 0 aromatic heterocycles. The van der Waals surface area contributed by atoms with Gasteiger partial charge in [0.05, 0.1) is 12.2 Å². The summed E-state index contributed by atoms with van der Waals surface area (Å²) in [5.41, 5.74) is 2.15. The number of carbonyl (C=O) groups is 3. The molecule has 194 valence electrons. The van der Waals surface area contributed by atoms with Crippen LogP contribution in [0.15, 0.2) is 78.6 Å². The third kappa shape index (κ3) is 5.59. The molecule has 0 saturated carbocycles. The molecule has 1 fully saturated rings. The highest BCUT2D eigenvalue weighted by atomic mass is 19.1. The number of ether oxygens (including phenoxy) is 1. The van der Waals surface area contributed by atoms with Crippen LogP contribution in [0.2, 0.25) is 0 Å². The summed E-state index contributed by atoms with van der Waals surface area (Å²) in [6, 6.07) is 20.4. The molecule has 0 aliphatic carbocycles. The molecule has 3 aromatic rings. The maximum absolute atomic E-state index is 14.3. The molecule has 8 heteroatoms. The molecule has 0 spiro atoms. The van der Waals surface area contributed by atoms with E-state index in [1.54, 1.807) is 66.7 Å². The van der Waals surface area contributed by atoms with Crippen LogP contribution < -0.4 is 15.0 Å². The third-order valence-corrected chi connectivity index (χ3v) is 6.65. The number of halogens is 1. The molecule has 2 aliphatic rings. The van der Waals surface area contributed by atoms with E-state index < -0.39 is 0 Å². The van der Waals surface area contributed by atoms with E-state index in [-0.39, 0.29) is 35.8 Å². The van der Waals surface area contributed by atoms with Gasteiger partial charge in [-0.1, -0.05) is 42.5 Å². The predicted molar refractivity (Wildman–Crippen MR) is 142 cm³/mol. The van der Waals surface area contributed by atoms with Gasteiger partial charge in [-0.3, -0.25) is 19.3 Å². The van der Waals surface area contributed by atoms with E-state index in [0.29, 0.717) is 54.1 Å². The van der Waals surface area contributed by atoms with Crippen LogP contribution in [0.4, 0.5) is 10.1 Å². The molecule has 1 saturated heterocycles. The number of nitrogens with one attached hydrogen (secondary N) is 1. The Morgan fingerprint density at radius 1 is 1.00 bits per heavy atom. The van der Waals surface area contributed by atoms with E-state index in [0.717, 1.165) is 13.0 Å². The van der Waals surface area contributed by atoms with E-state index in [4.69, 9.17) is 4.74 Å². The van der Waals surface area contributed by atoms with Crippen molar-refractivity contribution >= 4 is 29.5 Å². The minimum atomic E-state index is -0.384. The second-order valence-corrected chi connectivity index (χ2v) is 9.28. The Bertz CT molecular complexity index is 1390. The van der Waals surface area contributed by atoms with Crippen LogP contribution in [0.25, 0.3) is 6.08 Å². The van der Waals surface area contributed by atoms with Crippen molar-refractivity contribution in [1.82, 2.24) is 10.2 Å². The average molecular weight is 514 g/mol. The van der Waals surface area contributed by atoms with Gasteiger partial charge in [0.25, 0.3) is 11.8 Å². The second-order valence-electron chi connectivity index (χ2n) is 9.28. The van der Waals surface area contributed by atoms with Gasteiger partial charge in [-0.05, 0) is 54.8 Å². The molecule has 2 heterocycles. The number of para-hydroxylation sites is 2. The fourth-order valence-corrected chi connectivity index (χ4v) is 4.61. The standard InChI is InChI=1S/C30H28FN3O4/c31-24-8-2-1-7-23(24)20-34-25-9-3-4-10-26(25)38-27(30(34)37)19-21-12-14-22(15-13-21)29(36)32-16-6-18-33-17-5-11-28(33)35/h1-4,7-10,12-15,19H,5-6,11,16-18,20H2,(H,32,36)/b27-19-. The van der Waals surface area contributed by atoms with Crippen LogP contribution in [0, 0.1) is 5.82 Å². The first-order valence-corrected chi connectivity index (χ1v) is 12.7. The minimum Gasteiger partial charge on any atom is -0.449 e. The molecule has 7 nitrogen and oxygen atoms in total. The summed E-state index contributed by atoms with van der Waals surface area (Å²) >= 11 is 0. The van der Waals surface area contributed by atoms with E-state index in [2.05, 4.69) is 5.32 Å². The van der Waals surface area contributed by atoms with E-state index in [9.17, 15) is 18.8 Å². The van der Waals surface area contributed by atoms with E-state index in [1.807, 2.05) is 11.0 Å². The van der Waals surface area contributed by atoms with Crippen molar-refractivity contribution in [2.45, 2.75) is 25.8 Å². The first-order valence-electron chi connectivity index (χ1n) is 12.7. The number of likely N-dealkylation sites (tertiary alicyclic amines) is 1. The first-order chi connectivity index (χ1) is 18.5. The van der Waals surface area contributed by atoms with Gasteiger partial charge in [-0.2, -0.15) is 0 Å². The number of amides is 3. The highest BCUT2D eigenvalue weighted by Gasteiger charge is 2.30. The van der Waals surface area contributed by atoms with E-state index >= 15 is 0 Å². The number of hydrogen-bond acceptors (Lipinski definition) is 4. The van der Waals surface area contributed by atoms with Crippen LogP contribution in [0.1, 0.15) is 40.7 Å². The zero-order valence-electron chi connectivity index (χ0n) is 20.9. The van der Waals surface area contributed by atoms with Crippen LogP contribution in [0.5, 0.6) is 5.75 Å². The van der Waals surface area contributed by atoms with Gasteiger partial charge in [-0.25, -0.2) is 4.39 Å². The zero-order chi connectivity index (χ0) is 26.5. The molecular formula is C30H28FN3O4. The molecule has 0 atom stereocenters. The maximum atomic E-state index is 14.3. The molecule has 38 heavy (non-hydrogen) atoms. The van der Waals surface area contributed by atoms with E-state index in [1.165, 1.54) is 11.0 Å². The lowest BCUT2D eigenvalue weighted by Crippen LogP contribution is -2.37. The van der Waals surface area contributed by atoms with Gasteiger partial charge in [0.2, 0.25) is 5.91 Å². The molecule has 0 unspecified atom stereocenters. The van der Waals surface area contributed by atoms with Crippen molar-refractivity contribution in [3.05, 3.63) is 101 Å². The van der Waals surface area contributed by atoms with Crippen molar-refractivity contribution < 1.29 is 23.5 Å². The summed E-state index contributed by atoms with van der Waals surface area (Å²) in [6.07, 6.45) is 3.83. The summed E-state index contributed by atoms with van der Waals surface area (Å²) in [6.45, 7) is 1.99. The Morgan fingerprint density at radius 3 is 2.53 bits per heavy atom. The molecule has 0 radical (unpaired) electrons. The molecule has 0 bridgehead atoms. The lowest BCUT2D eigenvalue weighted by atomic mass is 10.1. The van der Waals surface area contributed by atoms with Crippen LogP contribution in [0.3, 0.4) is 0 Å². The number of nitrogens with zero attached hydrogens (tertiary/aromatic N) is 2. The SMILES string of the molecule is O=C(NCCCN1CCCC1=O)c1ccc(/C=C2\Oc3ccccc3N(Cc3ccccc3F)C2=O)cc1. The monoisotopic (exact) mass is 513 g/mol. The fraction of sp³-hybridized carbons (Fsp3) is 0.233. The van der Waals surface area contributed by atoms with Crippen LogP contribution in [-0.2, 0) is 16.1 Å². The van der Waals surface area contributed by atoms with Gasteiger partial charge >= 0.3 is 0 Å². The molecule has 3 amide bonds. The number of benzene rings is 3. The Morgan fingerprint density at radius 2 is 1.76 bits per heavy atom. The first kappa shape index (κ1) is 25.2. The summed E-state index contributed by atoms with van der Waals surface area (Å²) in [5.74, 6) is -0.180. The summed E-state index contributed by atoms with van der Waals surface area (Å²) in [7, 11) is 0. The molecule has 5 rings (SSSR count). The van der Waals surface area contributed by atoms with Gasteiger partial charge < -0.3 is 15.0 Å². The highest BCUT2D eigenvalue weighted by molar-refractivity contribution is 6.09. The largest absolute Gasteiger partial charge is 0.449 e. The summed E-state index contributed by atoms with van der Waals surface area (Å²) in [5, 5.41) is 2.88. The smallest absolute Gasteiger partial charge is 0.294 e. The number of carbonyl (C=O) groups excluding carboxylic acids is 3. The fourth-order valence-electron chi connectivity index (χ4n) is 4.61. The zero-order valence-corrected chi connectivity index (χ0v) is 20.9. The van der Waals surface area contributed by atoms with Crippen molar-refractivity contribution in [3.63, 3.8) is 0 Å². The van der Waals surface area contributed by atoms with Crippen LogP contribution in [-0.4, -0.2) is 42.3 Å². The Labute approximate surface area is 220 Å². The molecule has 2 aliphatic heterocycles. The highest BCUT2D eigenvalue weighted by Crippen LogP contribution is 2.36. The van der Waals surface area contributed by atoms with Crippen molar-refractivity contribution in [1.29, 1.82) is 0 Å². The molecular weight excluding hydrogens is 485 g/mol. The second kappa shape index (κ2) is 11.3. The number of rotatable bonds is 8.